The van der Waals surface area contributed by atoms with Crippen molar-refractivity contribution < 1.29 is 28.2 Å². The molecule has 0 radical (unpaired) electrons. The highest BCUT2D eigenvalue weighted by Gasteiger charge is 2.38. The minimum Gasteiger partial charge on any atom is -0.493 e. The number of carbonyl (C=O) groups excluding carboxylic acids is 2. The van der Waals surface area contributed by atoms with Gasteiger partial charge in [0.25, 0.3) is 5.91 Å². The van der Waals surface area contributed by atoms with Crippen molar-refractivity contribution in [1.82, 2.24) is 4.90 Å². The summed E-state index contributed by atoms with van der Waals surface area (Å²) in [7, 11) is 1.13. The molecule has 8 heteroatoms. The zero-order valence-corrected chi connectivity index (χ0v) is 12.6. The third-order valence-electron chi connectivity index (χ3n) is 3.82. The molecule has 0 aliphatic carbocycles. The van der Waals surface area contributed by atoms with E-state index in [1.54, 1.807) is 0 Å². The smallest absolute Gasteiger partial charge is 0.260 e. The molecule has 1 atom stereocenters. The lowest BCUT2D eigenvalue weighted by Gasteiger charge is -2.38. The minimum atomic E-state index is -1.46. The highest BCUT2D eigenvalue weighted by Crippen LogP contribution is 2.30. The van der Waals surface area contributed by atoms with Gasteiger partial charge < -0.3 is 20.5 Å². The van der Waals surface area contributed by atoms with Crippen LogP contribution in [0.5, 0.6) is 5.75 Å². The van der Waals surface area contributed by atoms with E-state index in [0.717, 1.165) is 19.2 Å². The number of halogens is 2. The van der Waals surface area contributed by atoms with E-state index in [1.807, 2.05) is 0 Å². The molecule has 1 fully saturated rings. The highest BCUT2D eigenvalue weighted by molar-refractivity contribution is 5.97. The molecule has 1 aliphatic rings. The summed E-state index contributed by atoms with van der Waals surface area (Å²) < 4.78 is 32.5. The average molecular weight is 328 g/mol. The van der Waals surface area contributed by atoms with Crippen molar-refractivity contribution in [1.29, 1.82) is 0 Å². The normalized spacial score (nSPS) is 21.1. The molecule has 0 spiro atoms. The first-order chi connectivity index (χ1) is 10.8. The highest BCUT2D eigenvalue weighted by atomic mass is 19.1. The Morgan fingerprint density at radius 1 is 1.39 bits per heavy atom. The molecular weight excluding hydrogens is 310 g/mol. The monoisotopic (exact) mass is 328 g/mol. The summed E-state index contributed by atoms with van der Waals surface area (Å²) in [5, 5.41) is 10.4. The number of primary amides is 1. The molecule has 0 bridgehead atoms. The number of nitrogens with zero attached hydrogens (tertiary/aromatic N) is 1. The van der Waals surface area contributed by atoms with Gasteiger partial charge in [-0.25, -0.2) is 8.78 Å². The van der Waals surface area contributed by atoms with Crippen LogP contribution < -0.4 is 10.5 Å². The van der Waals surface area contributed by atoms with Crippen LogP contribution in [-0.4, -0.2) is 47.6 Å². The minimum absolute atomic E-state index is 0.187. The molecule has 6 nitrogen and oxygen atoms in total. The fraction of sp³-hybridized carbons (Fsp3) is 0.467. The molecule has 0 aromatic heterocycles. The van der Waals surface area contributed by atoms with Crippen LogP contribution >= 0.6 is 0 Å². The molecule has 2 rings (SSSR count). The number of amides is 2. The molecule has 2 amide bonds. The first-order valence-electron chi connectivity index (χ1n) is 7.09. The van der Waals surface area contributed by atoms with E-state index < -0.39 is 40.4 Å². The number of ether oxygens (including phenoxy) is 1. The number of piperidine rings is 1. The third-order valence-corrected chi connectivity index (χ3v) is 3.82. The number of nitrogens with two attached hydrogens (primary N) is 1. The summed E-state index contributed by atoms with van der Waals surface area (Å²) in [5.41, 5.74) is 3.11. The maximum absolute atomic E-state index is 14.0. The van der Waals surface area contributed by atoms with E-state index in [1.165, 1.54) is 4.90 Å². The Morgan fingerprint density at radius 3 is 2.65 bits per heavy atom. The first kappa shape index (κ1) is 17.1. The van der Waals surface area contributed by atoms with Gasteiger partial charge in [-0.15, -0.1) is 0 Å². The SMILES string of the molecule is COc1c(F)ccc(F)c1C(=O)N1CCCC(O)(CC(N)=O)C1. The van der Waals surface area contributed by atoms with Crippen molar-refractivity contribution in [3.05, 3.63) is 29.3 Å². The molecular formula is C15H18F2N2O4. The summed E-state index contributed by atoms with van der Waals surface area (Å²) in [6.07, 6.45) is 0.400. The summed E-state index contributed by atoms with van der Waals surface area (Å²) in [6.45, 7) is 0.0624. The fourth-order valence-electron chi connectivity index (χ4n) is 2.84. The maximum atomic E-state index is 14.0. The second kappa shape index (κ2) is 6.49. The number of carbonyl (C=O) groups is 2. The predicted octanol–water partition coefficient (Wildman–Crippen LogP) is 0.816. The number of hydrogen-bond donors (Lipinski definition) is 2. The van der Waals surface area contributed by atoms with Gasteiger partial charge in [-0.05, 0) is 25.0 Å². The number of likely N-dealkylation sites (tertiary alicyclic amines) is 1. The van der Waals surface area contributed by atoms with Crippen LogP contribution in [0.2, 0.25) is 0 Å². The zero-order chi connectivity index (χ0) is 17.2. The number of benzene rings is 1. The summed E-state index contributed by atoms with van der Waals surface area (Å²) >= 11 is 0. The quantitative estimate of drug-likeness (QED) is 0.856. The van der Waals surface area contributed by atoms with E-state index in [2.05, 4.69) is 0 Å². The molecule has 1 aromatic carbocycles. The third kappa shape index (κ3) is 3.58. The van der Waals surface area contributed by atoms with E-state index in [9.17, 15) is 23.5 Å². The predicted molar refractivity (Wildman–Crippen MR) is 76.8 cm³/mol. The van der Waals surface area contributed by atoms with Gasteiger partial charge in [0.15, 0.2) is 11.6 Å². The van der Waals surface area contributed by atoms with Gasteiger partial charge in [-0.2, -0.15) is 0 Å². The number of methoxy groups -OCH3 is 1. The molecule has 1 saturated heterocycles. The van der Waals surface area contributed by atoms with Crippen LogP contribution in [0.3, 0.4) is 0 Å². The van der Waals surface area contributed by atoms with Crippen molar-refractivity contribution in [3.63, 3.8) is 0 Å². The maximum Gasteiger partial charge on any atom is 0.260 e. The Hall–Kier alpha value is -2.22. The van der Waals surface area contributed by atoms with Crippen molar-refractivity contribution in [2.24, 2.45) is 5.73 Å². The van der Waals surface area contributed by atoms with Gasteiger partial charge in [0.05, 0.1) is 25.7 Å². The zero-order valence-electron chi connectivity index (χ0n) is 12.6. The Morgan fingerprint density at radius 2 is 2.04 bits per heavy atom. The van der Waals surface area contributed by atoms with Gasteiger partial charge >= 0.3 is 0 Å². The average Bonchev–Trinajstić information content (AvgIpc) is 2.47. The molecule has 23 heavy (non-hydrogen) atoms. The lowest BCUT2D eigenvalue weighted by Crippen LogP contribution is -2.52. The molecule has 3 N–H and O–H groups in total. The molecule has 1 aliphatic heterocycles. The van der Waals surface area contributed by atoms with Crippen LogP contribution in [0.4, 0.5) is 8.78 Å². The van der Waals surface area contributed by atoms with E-state index in [0.29, 0.717) is 12.8 Å². The van der Waals surface area contributed by atoms with E-state index in [4.69, 9.17) is 10.5 Å². The Bertz CT molecular complexity index is 638. The van der Waals surface area contributed by atoms with Crippen LogP contribution in [0.1, 0.15) is 29.6 Å². The molecule has 126 valence electrons. The van der Waals surface area contributed by atoms with Gasteiger partial charge in [0, 0.05) is 6.54 Å². The van der Waals surface area contributed by atoms with Crippen LogP contribution in [0, 0.1) is 11.6 Å². The van der Waals surface area contributed by atoms with Gasteiger partial charge in [-0.1, -0.05) is 0 Å². The first-order valence-corrected chi connectivity index (χ1v) is 7.09. The fourth-order valence-corrected chi connectivity index (χ4v) is 2.84. The van der Waals surface area contributed by atoms with Gasteiger partial charge in [-0.3, -0.25) is 9.59 Å². The molecule has 1 aromatic rings. The van der Waals surface area contributed by atoms with Crippen molar-refractivity contribution >= 4 is 11.8 Å². The number of β-amino-alcohol motifs (C(OH)–C–C–N with tert-alkyl or cyclic N) is 1. The van der Waals surface area contributed by atoms with Crippen molar-refractivity contribution in [3.8, 4) is 5.75 Å². The Kier molecular flexibility index (Phi) is 4.84. The number of aliphatic hydroxyl groups is 1. The second-order valence-electron chi connectivity index (χ2n) is 5.64. The topological polar surface area (TPSA) is 92.9 Å². The molecule has 1 unspecified atom stereocenters. The van der Waals surface area contributed by atoms with E-state index >= 15 is 0 Å². The largest absolute Gasteiger partial charge is 0.493 e. The van der Waals surface area contributed by atoms with Gasteiger partial charge in [0.2, 0.25) is 5.91 Å². The summed E-state index contributed by atoms with van der Waals surface area (Å²) in [5.74, 6) is -3.77. The second-order valence-corrected chi connectivity index (χ2v) is 5.64. The van der Waals surface area contributed by atoms with Crippen molar-refractivity contribution in [2.75, 3.05) is 20.2 Å². The number of rotatable bonds is 4. The lowest BCUT2D eigenvalue weighted by atomic mass is 9.89. The van der Waals surface area contributed by atoms with Crippen LogP contribution in [0.25, 0.3) is 0 Å². The van der Waals surface area contributed by atoms with Crippen LogP contribution in [0.15, 0.2) is 12.1 Å². The molecule has 1 heterocycles. The molecule has 0 saturated carbocycles. The van der Waals surface area contributed by atoms with Crippen molar-refractivity contribution in [2.45, 2.75) is 24.9 Å². The number of hydrogen-bond acceptors (Lipinski definition) is 4. The van der Waals surface area contributed by atoms with Gasteiger partial charge in [0.1, 0.15) is 11.4 Å². The van der Waals surface area contributed by atoms with Crippen LogP contribution in [-0.2, 0) is 4.79 Å². The lowest BCUT2D eigenvalue weighted by molar-refractivity contribution is -0.125. The standard InChI is InChI=1S/C15H18F2N2O4/c1-23-13-10(17)4-3-9(16)12(13)14(21)19-6-2-5-15(22,8-19)7-11(18)20/h3-4,22H,2,5-8H2,1H3,(H2,18,20). The van der Waals surface area contributed by atoms with E-state index in [-0.39, 0.29) is 19.5 Å². The summed E-state index contributed by atoms with van der Waals surface area (Å²) in [6, 6.07) is 1.70. The Labute approximate surface area is 131 Å². The Balaban J connectivity index is 2.31. The summed E-state index contributed by atoms with van der Waals surface area (Å²) in [4.78, 5) is 24.8.